The van der Waals surface area contributed by atoms with E-state index in [9.17, 15) is 31.2 Å². The van der Waals surface area contributed by atoms with Crippen LogP contribution in [0.25, 0.3) is 0 Å². The molecule has 1 amide bonds. The Kier molecular flexibility index (Phi) is 6.85. The number of alkyl halides is 3. The second-order valence-corrected chi connectivity index (χ2v) is 9.21. The molecule has 168 valence electrons. The average molecular weight is 457 g/mol. The maximum atomic E-state index is 12.9. The van der Waals surface area contributed by atoms with Crippen molar-refractivity contribution in [2.45, 2.75) is 43.3 Å². The highest BCUT2D eigenvalue weighted by atomic mass is 32.2. The van der Waals surface area contributed by atoms with Crippen molar-refractivity contribution in [2.24, 2.45) is 0 Å². The average Bonchev–Trinajstić information content (AvgIpc) is 2.99. The first-order valence-electron chi connectivity index (χ1n) is 9.75. The summed E-state index contributed by atoms with van der Waals surface area (Å²) in [5, 5.41) is 2.44. The third-order valence-electron chi connectivity index (χ3n) is 4.95. The molecule has 1 N–H and O–H groups in total. The predicted octanol–water partition coefficient (Wildman–Crippen LogP) is 3.07. The Morgan fingerprint density at radius 2 is 1.71 bits per heavy atom. The summed E-state index contributed by atoms with van der Waals surface area (Å²) in [6.45, 7) is 0.209. The summed E-state index contributed by atoms with van der Waals surface area (Å²) in [4.78, 5) is 24.1. The quantitative estimate of drug-likeness (QED) is 0.748. The van der Waals surface area contributed by atoms with E-state index in [1.54, 1.807) is 0 Å². The van der Waals surface area contributed by atoms with Crippen LogP contribution in [0.4, 0.5) is 18.9 Å². The minimum atomic E-state index is -4.65. The largest absolute Gasteiger partial charge is 0.417 e. The first-order valence-corrected chi connectivity index (χ1v) is 11.2. The molecule has 0 unspecified atom stereocenters. The molecule has 0 bridgehead atoms. The molecule has 0 radical (unpaired) electrons. The van der Waals surface area contributed by atoms with Gasteiger partial charge in [0.05, 0.1) is 10.5 Å². The van der Waals surface area contributed by atoms with Crippen LogP contribution in [0.5, 0.6) is 0 Å². The Hall–Kier alpha value is -2.66. The molecular formula is C20H22F3N3O4S. The van der Waals surface area contributed by atoms with Gasteiger partial charge in [0.25, 0.3) is 5.56 Å². The van der Waals surface area contributed by atoms with Gasteiger partial charge in [-0.15, -0.1) is 0 Å². The number of hydrogen-bond donors (Lipinski definition) is 1. The van der Waals surface area contributed by atoms with Gasteiger partial charge in [-0.2, -0.15) is 17.5 Å². The van der Waals surface area contributed by atoms with Gasteiger partial charge in [-0.3, -0.25) is 9.59 Å². The Bertz CT molecular complexity index is 1110. The van der Waals surface area contributed by atoms with Crippen molar-refractivity contribution < 1.29 is 26.4 Å². The molecular weight excluding hydrogens is 435 g/mol. The molecule has 0 atom stereocenters. The van der Waals surface area contributed by atoms with Crippen LogP contribution in [0, 0.1) is 0 Å². The third-order valence-corrected chi connectivity index (χ3v) is 6.84. The summed E-state index contributed by atoms with van der Waals surface area (Å²) in [7, 11) is -3.73. The van der Waals surface area contributed by atoms with Crippen LogP contribution in [-0.4, -0.2) is 36.3 Å². The molecule has 1 aliphatic heterocycles. The van der Waals surface area contributed by atoms with Gasteiger partial charge in [0, 0.05) is 31.0 Å². The van der Waals surface area contributed by atoms with Crippen molar-refractivity contribution in [1.29, 1.82) is 0 Å². The molecule has 1 aliphatic rings. The van der Waals surface area contributed by atoms with E-state index in [4.69, 9.17) is 0 Å². The fourth-order valence-electron chi connectivity index (χ4n) is 3.34. The summed E-state index contributed by atoms with van der Waals surface area (Å²) in [5.74, 6) is -0.759. The molecule has 1 aromatic carbocycles. The topological polar surface area (TPSA) is 88.5 Å². The van der Waals surface area contributed by atoms with Gasteiger partial charge >= 0.3 is 6.18 Å². The molecule has 2 heterocycles. The molecule has 1 fully saturated rings. The van der Waals surface area contributed by atoms with Crippen molar-refractivity contribution in [3.63, 3.8) is 0 Å². The van der Waals surface area contributed by atoms with Crippen LogP contribution in [0.3, 0.4) is 0 Å². The highest BCUT2D eigenvalue weighted by Gasteiger charge is 2.31. The van der Waals surface area contributed by atoms with Crippen molar-refractivity contribution >= 4 is 21.6 Å². The van der Waals surface area contributed by atoms with Crippen LogP contribution < -0.4 is 10.9 Å². The Morgan fingerprint density at radius 1 is 1.03 bits per heavy atom. The normalized spacial score (nSPS) is 16.0. The Labute approximate surface area is 177 Å². The van der Waals surface area contributed by atoms with E-state index in [-0.39, 0.29) is 10.6 Å². The lowest BCUT2D eigenvalue weighted by Crippen LogP contribution is -2.32. The number of rotatable bonds is 5. The number of sulfonamides is 1. The minimum absolute atomic E-state index is 0.0171. The number of nitrogens with one attached hydrogen (secondary N) is 1. The highest BCUT2D eigenvalue weighted by Crippen LogP contribution is 2.28. The fourth-order valence-corrected chi connectivity index (χ4v) is 4.91. The van der Waals surface area contributed by atoms with Crippen molar-refractivity contribution in [1.82, 2.24) is 8.87 Å². The second kappa shape index (κ2) is 9.23. The smallest absolute Gasteiger partial charge is 0.324 e. The van der Waals surface area contributed by atoms with E-state index >= 15 is 0 Å². The summed E-state index contributed by atoms with van der Waals surface area (Å²) < 4.78 is 66.4. The molecule has 0 spiro atoms. The van der Waals surface area contributed by atoms with Gasteiger partial charge in [-0.25, -0.2) is 8.42 Å². The lowest BCUT2D eigenvalue weighted by atomic mass is 10.2. The van der Waals surface area contributed by atoms with E-state index < -0.39 is 39.8 Å². The van der Waals surface area contributed by atoms with Gasteiger partial charge in [-0.05, 0) is 37.1 Å². The van der Waals surface area contributed by atoms with Gasteiger partial charge in [0.1, 0.15) is 6.54 Å². The van der Waals surface area contributed by atoms with E-state index in [0.29, 0.717) is 29.9 Å². The third kappa shape index (κ3) is 5.73. The first-order chi connectivity index (χ1) is 14.6. The van der Waals surface area contributed by atoms with Crippen molar-refractivity contribution in [3.8, 4) is 0 Å². The van der Waals surface area contributed by atoms with E-state index in [0.717, 1.165) is 31.7 Å². The van der Waals surface area contributed by atoms with Crippen LogP contribution in [0.1, 0.15) is 31.2 Å². The molecule has 2 aromatic rings. The first kappa shape index (κ1) is 23.0. The van der Waals surface area contributed by atoms with Crippen LogP contribution in [0.2, 0.25) is 0 Å². The number of halogens is 3. The molecule has 11 heteroatoms. The fraction of sp³-hybridized carbons (Fsp3) is 0.400. The minimum Gasteiger partial charge on any atom is -0.324 e. The maximum absolute atomic E-state index is 12.9. The van der Waals surface area contributed by atoms with Crippen LogP contribution in [0.15, 0.2) is 52.3 Å². The van der Waals surface area contributed by atoms with Crippen LogP contribution in [-0.2, 0) is 27.5 Å². The number of hydrogen-bond acceptors (Lipinski definition) is 4. The summed E-state index contributed by atoms with van der Waals surface area (Å²) in [6.07, 6.45) is -0.582. The maximum Gasteiger partial charge on any atom is 0.417 e. The molecule has 7 nitrogen and oxygen atoms in total. The van der Waals surface area contributed by atoms with Gasteiger partial charge < -0.3 is 9.88 Å². The lowest BCUT2D eigenvalue weighted by Gasteiger charge is -2.20. The van der Waals surface area contributed by atoms with Gasteiger partial charge in [-0.1, -0.05) is 18.9 Å². The summed E-state index contributed by atoms with van der Waals surface area (Å²) in [5.41, 5.74) is -1.65. The summed E-state index contributed by atoms with van der Waals surface area (Å²) in [6, 6.07) is 7.05. The lowest BCUT2D eigenvalue weighted by molar-refractivity contribution is -0.138. The number of pyridine rings is 1. The zero-order chi connectivity index (χ0) is 22.6. The second-order valence-electron chi connectivity index (χ2n) is 7.28. The zero-order valence-corrected chi connectivity index (χ0v) is 17.4. The van der Waals surface area contributed by atoms with Gasteiger partial charge in [0.2, 0.25) is 15.9 Å². The number of carbonyl (C=O) groups excluding carboxylic acids is 1. The molecule has 0 aliphatic carbocycles. The van der Waals surface area contributed by atoms with Crippen LogP contribution >= 0.6 is 0 Å². The molecule has 1 saturated heterocycles. The highest BCUT2D eigenvalue weighted by molar-refractivity contribution is 7.89. The predicted molar refractivity (Wildman–Crippen MR) is 108 cm³/mol. The Morgan fingerprint density at radius 3 is 2.35 bits per heavy atom. The zero-order valence-electron chi connectivity index (χ0n) is 16.6. The van der Waals surface area contributed by atoms with Crippen molar-refractivity contribution in [3.05, 3.63) is 58.5 Å². The van der Waals surface area contributed by atoms with E-state index in [2.05, 4.69) is 5.32 Å². The van der Waals surface area contributed by atoms with Crippen molar-refractivity contribution in [2.75, 3.05) is 18.4 Å². The van der Waals surface area contributed by atoms with Gasteiger partial charge in [0.15, 0.2) is 0 Å². The molecule has 3 rings (SSSR count). The monoisotopic (exact) mass is 457 g/mol. The number of aromatic nitrogens is 1. The number of nitrogens with zero attached hydrogens (tertiary/aromatic N) is 2. The number of carbonyl (C=O) groups is 1. The standard InChI is InChI=1S/C20H22F3N3O4S/c21-20(22,23)15-8-9-19(28)25(13-15)14-18(27)24-16-6-5-7-17(12-16)31(29,30)26-10-3-1-2-4-11-26/h5-9,12-13H,1-4,10-11,14H2,(H,24,27). The Balaban J connectivity index is 1.75. The van der Waals surface area contributed by atoms with E-state index in [1.165, 1.54) is 28.6 Å². The molecule has 31 heavy (non-hydrogen) atoms. The number of benzene rings is 1. The number of amides is 1. The van der Waals surface area contributed by atoms with E-state index in [1.807, 2.05) is 0 Å². The molecule has 1 aromatic heterocycles. The molecule has 0 saturated carbocycles. The SMILES string of the molecule is O=C(Cn1cc(C(F)(F)F)ccc1=O)Nc1cccc(S(=O)(=O)N2CCCCCC2)c1. The number of anilines is 1. The summed E-state index contributed by atoms with van der Waals surface area (Å²) >= 11 is 0.